The van der Waals surface area contributed by atoms with Crippen molar-refractivity contribution in [2.24, 2.45) is 11.8 Å². The Morgan fingerprint density at radius 2 is 2.20 bits per heavy atom. The van der Waals surface area contributed by atoms with Crippen LogP contribution in [0.3, 0.4) is 0 Å². The molecule has 2 aliphatic rings. The first kappa shape index (κ1) is 10.7. The summed E-state index contributed by atoms with van der Waals surface area (Å²) in [6, 6.07) is 0. The van der Waals surface area contributed by atoms with Gasteiger partial charge in [0, 0.05) is 19.0 Å². The van der Waals surface area contributed by atoms with Crippen LogP contribution in [0.2, 0.25) is 0 Å². The minimum atomic E-state index is 0.278. The summed E-state index contributed by atoms with van der Waals surface area (Å²) < 4.78 is 0. The molecule has 2 nitrogen and oxygen atoms in total. The number of hydrogen-bond donors (Lipinski definition) is 0. The molecule has 0 N–H and O–H groups in total. The van der Waals surface area contributed by atoms with Crippen molar-refractivity contribution < 1.29 is 4.79 Å². The van der Waals surface area contributed by atoms with Crippen molar-refractivity contribution in [3.63, 3.8) is 0 Å². The number of amides is 1. The lowest BCUT2D eigenvalue weighted by molar-refractivity contribution is -0.137. The average molecular weight is 207 g/mol. The molecule has 0 spiro atoms. The second-order valence-electron chi connectivity index (χ2n) is 5.01. The van der Waals surface area contributed by atoms with E-state index < -0.39 is 0 Å². The first-order chi connectivity index (χ1) is 7.27. The third kappa shape index (κ3) is 2.61. The Bertz CT molecular complexity index is 259. The number of nitrogens with zero attached hydrogens (tertiary/aromatic N) is 1. The molecule has 0 aromatic rings. The molecule has 1 saturated heterocycles. The number of rotatable bonds is 1. The van der Waals surface area contributed by atoms with E-state index in [0.29, 0.717) is 11.8 Å². The quantitative estimate of drug-likeness (QED) is 0.605. The van der Waals surface area contributed by atoms with Crippen LogP contribution in [-0.2, 0) is 4.79 Å². The van der Waals surface area contributed by atoms with Gasteiger partial charge in [0.05, 0.1) is 0 Å². The van der Waals surface area contributed by atoms with E-state index in [1.54, 1.807) is 0 Å². The number of carbonyl (C=O) groups excluding carboxylic acids is 1. The van der Waals surface area contributed by atoms with Gasteiger partial charge in [-0.25, -0.2) is 0 Å². The highest BCUT2D eigenvalue weighted by Crippen LogP contribution is 2.23. The van der Waals surface area contributed by atoms with Gasteiger partial charge in [-0.15, -0.1) is 0 Å². The Morgan fingerprint density at radius 1 is 1.33 bits per heavy atom. The number of carbonyl (C=O) groups is 1. The van der Waals surface area contributed by atoms with Gasteiger partial charge in [0.1, 0.15) is 0 Å². The van der Waals surface area contributed by atoms with Gasteiger partial charge in [0.15, 0.2) is 0 Å². The van der Waals surface area contributed by atoms with Gasteiger partial charge in [-0.1, -0.05) is 19.1 Å². The molecular weight excluding hydrogens is 186 g/mol. The van der Waals surface area contributed by atoms with E-state index in [-0.39, 0.29) is 5.92 Å². The van der Waals surface area contributed by atoms with Crippen molar-refractivity contribution in [2.45, 2.75) is 39.0 Å². The van der Waals surface area contributed by atoms with E-state index >= 15 is 0 Å². The van der Waals surface area contributed by atoms with Crippen molar-refractivity contribution in [3.8, 4) is 0 Å². The molecule has 2 atom stereocenters. The van der Waals surface area contributed by atoms with Crippen LogP contribution in [0, 0.1) is 11.8 Å². The fourth-order valence-corrected chi connectivity index (χ4v) is 2.67. The fraction of sp³-hybridized carbons (Fsp3) is 0.769. The molecule has 15 heavy (non-hydrogen) atoms. The molecular formula is C13H21NO. The Kier molecular flexibility index (Phi) is 3.45. The first-order valence-electron chi connectivity index (χ1n) is 6.21. The minimum Gasteiger partial charge on any atom is -0.342 e. The summed E-state index contributed by atoms with van der Waals surface area (Å²) in [7, 11) is 0. The fourth-order valence-electron chi connectivity index (χ4n) is 2.67. The SMILES string of the molecule is CC1CCCN(C(=O)C2CC=CCC2)C1. The molecule has 1 fully saturated rings. The van der Waals surface area contributed by atoms with Gasteiger partial charge in [-0.3, -0.25) is 4.79 Å². The zero-order chi connectivity index (χ0) is 10.7. The van der Waals surface area contributed by atoms with Gasteiger partial charge in [0.2, 0.25) is 5.91 Å². The van der Waals surface area contributed by atoms with Crippen molar-refractivity contribution in [3.05, 3.63) is 12.2 Å². The first-order valence-corrected chi connectivity index (χ1v) is 6.21. The monoisotopic (exact) mass is 207 g/mol. The molecule has 1 aliphatic carbocycles. The normalized spacial score (nSPS) is 31.7. The highest BCUT2D eigenvalue weighted by Gasteiger charge is 2.27. The van der Waals surface area contributed by atoms with Crippen LogP contribution in [0.4, 0.5) is 0 Å². The van der Waals surface area contributed by atoms with Crippen molar-refractivity contribution in [1.29, 1.82) is 0 Å². The molecule has 2 heteroatoms. The second kappa shape index (κ2) is 4.82. The molecule has 0 aromatic heterocycles. The standard InChI is InChI=1S/C13H21NO/c1-11-6-5-9-14(10-11)13(15)12-7-3-2-4-8-12/h2-3,11-12H,4-10H2,1H3. The molecule has 0 saturated carbocycles. The highest BCUT2D eigenvalue weighted by molar-refractivity contribution is 5.79. The third-order valence-corrected chi connectivity index (χ3v) is 3.59. The topological polar surface area (TPSA) is 20.3 Å². The molecule has 2 unspecified atom stereocenters. The number of likely N-dealkylation sites (tertiary alicyclic amines) is 1. The number of hydrogen-bond acceptors (Lipinski definition) is 1. The average Bonchev–Trinajstić information content (AvgIpc) is 2.29. The van der Waals surface area contributed by atoms with E-state index in [0.717, 1.165) is 32.4 Å². The lowest BCUT2D eigenvalue weighted by atomic mass is 9.91. The molecule has 1 aliphatic heterocycles. The molecule has 2 rings (SSSR count). The largest absolute Gasteiger partial charge is 0.342 e. The van der Waals surface area contributed by atoms with E-state index in [1.165, 1.54) is 12.8 Å². The summed E-state index contributed by atoms with van der Waals surface area (Å²) in [5, 5.41) is 0. The maximum Gasteiger partial charge on any atom is 0.226 e. The highest BCUT2D eigenvalue weighted by atomic mass is 16.2. The minimum absolute atomic E-state index is 0.278. The lowest BCUT2D eigenvalue weighted by Gasteiger charge is -2.34. The van der Waals surface area contributed by atoms with Crippen LogP contribution >= 0.6 is 0 Å². The Labute approximate surface area is 92.3 Å². The van der Waals surface area contributed by atoms with Crippen LogP contribution in [0.25, 0.3) is 0 Å². The molecule has 0 bridgehead atoms. The predicted molar refractivity (Wildman–Crippen MR) is 61.5 cm³/mol. The maximum absolute atomic E-state index is 12.2. The molecule has 84 valence electrons. The smallest absolute Gasteiger partial charge is 0.226 e. The van der Waals surface area contributed by atoms with Gasteiger partial charge >= 0.3 is 0 Å². The van der Waals surface area contributed by atoms with Crippen LogP contribution in [0.5, 0.6) is 0 Å². The zero-order valence-electron chi connectivity index (χ0n) is 9.61. The summed E-state index contributed by atoms with van der Waals surface area (Å²) in [6.45, 7) is 4.22. The van der Waals surface area contributed by atoms with Crippen LogP contribution in [0.15, 0.2) is 12.2 Å². The number of allylic oxidation sites excluding steroid dienone is 2. The van der Waals surface area contributed by atoms with Gasteiger partial charge in [0.25, 0.3) is 0 Å². The molecule has 0 aromatic carbocycles. The Morgan fingerprint density at radius 3 is 2.87 bits per heavy atom. The predicted octanol–water partition coefficient (Wildman–Crippen LogP) is 2.60. The lowest BCUT2D eigenvalue weighted by Crippen LogP contribution is -2.42. The maximum atomic E-state index is 12.2. The summed E-state index contributed by atoms with van der Waals surface area (Å²) in [5.41, 5.74) is 0. The van der Waals surface area contributed by atoms with Crippen LogP contribution in [-0.4, -0.2) is 23.9 Å². The van der Waals surface area contributed by atoms with E-state index in [1.807, 2.05) is 0 Å². The Balaban J connectivity index is 1.91. The van der Waals surface area contributed by atoms with E-state index in [2.05, 4.69) is 24.0 Å². The van der Waals surface area contributed by atoms with E-state index in [9.17, 15) is 4.79 Å². The summed E-state index contributed by atoms with van der Waals surface area (Å²) in [4.78, 5) is 14.3. The molecule has 1 amide bonds. The molecule has 1 heterocycles. The van der Waals surface area contributed by atoms with Crippen molar-refractivity contribution in [1.82, 2.24) is 4.90 Å². The van der Waals surface area contributed by atoms with Gasteiger partial charge in [-0.05, 0) is 38.0 Å². The summed E-state index contributed by atoms with van der Waals surface area (Å²) >= 11 is 0. The zero-order valence-corrected chi connectivity index (χ0v) is 9.61. The number of piperidine rings is 1. The van der Waals surface area contributed by atoms with Gasteiger partial charge < -0.3 is 4.90 Å². The van der Waals surface area contributed by atoms with Gasteiger partial charge in [-0.2, -0.15) is 0 Å². The van der Waals surface area contributed by atoms with Crippen LogP contribution < -0.4 is 0 Å². The van der Waals surface area contributed by atoms with Crippen LogP contribution in [0.1, 0.15) is 39.0 Å². The second-order valence-corrected chi connectivity index (χ2v) is 5.01. The van der Waals surface area contributed by atoms with Crippen molar-refractivity contribution >= 4 is 5.91 Å². The third-order valence-electron chi connectivity index (χ3n) is 3.59. The van der Waals surface area contributed by atoms with E-state index in [4.69, 9.17) is 0 Å². The molecule has 0 radical (unpaired) electrons. The summed E-state index contributed by atoms with van der Waals surface area (Å²) in [6.07, 6.45) is 9.94. The Hall–Kier alpha value is -0.790. The van der Waals surface area contributed by atoms with Crippen molar-refractivity contribution in [2.75, 3.05) is 13.1 Å². The summed E-state index contributed by atoms with van der Waals surface area (Å²) in [5.74, 6) is 1.38.